The van der Waals surface area contributed by atoms with Crippen LogP contribution in [0.3, 0.4) is 0 Å². The smallest absolute Gasteiger partial charge is 0.227 e. The van der Waals surface area contributed by atoms with Crippen LogP contribution in [0.1, 0.15) is 11.1 Å². The number of likely N-dealkylation sites (N-methyl/N-ethyl adjacent to an activating group) is 1. The molecule has 1 aromatic heterocycles. The van der Waals surface area contributed by atoms with Gasteiger partial charge in [-0.3, -0.25) is 14.7 Å². The molecular formula is C25H26FN3O. The van der Waals surface area contributed by atoms with Crippen LogP contribution in [0, 0.1) is 11.7 Å². The van der Waals surface area contributed by atoms with Crippen LogP contribution < -0.4 is 0 Å². The molecular weight excluding hydrogens is 377 g/mol. The summed E-state index contributed by atoms with van der Waals surface area (Å²) in [6.07, 6.45) is 4.28. The van der Waals surface area contributed by atoms with Crippen molar-refractivity contribution in [2.24, 2.45) is 5.92 Å². The monoisotopic (exact) mass is 403 g/mol. The van der Waals surface area contributed by atoms with Crippen molar-refractivity contribution in [3.05, 3.63) is 90.0 Å². The van der Waals surface area contributed by atoms with E-state index in [-0.39, 0.29) is 17.6 Å². The van der Waals surface area contributed by atoms with Crippen LogP contribution in [0.15, 0.2) is 73.1 Å². The van der Waals surface area contributed by atoms with Gasteiger partial charge in [-0.05, 0) is 41.3 Å². The Hall–Kier alpha value is -3.05. The minimum Gasteiger partial charge on any atom is -0.344 e. The minimum absolute atomic E-state index is 0.149. The van der Waals surface area contributed by atoms with Crippen molar-refractivity contribution in [2.45, 2.75) is 13.0 Å². The lowest BCUT2D eigenvalue weighted by Crippen LogP contribution is -2.34. The number of hydrogen-bond donors (Lipinski definition) is 0. The van der Waals surface area contributed by atoms with E-state index >= 15 is 0 Å². The molecule has 1 atom stereocenters. The number of nitrogens with zero attached hydrogens (tertiary/aromatic N) is 3. The van der Waals surface area contributed by atoms with Gasteiger partial charge in [0.25, 0.3) is 0 Å². The zero-order valence-corrected chi connectivity index (χ0v) is 17.2. The molecule has 2 aromatic carbocycles. The largest absolute Gasteiger partial charge is 0.344 e. The quantitative estimate of drug-likeness (QED) is 0.646. The van der Waals surface area contributed by atoms with Crippen molar-refractivity contribution in [1.29, 1.82) is 0 Å². The zero-order valence-electron chi connectivity index (χ0n) is 17.2. The molecule has 1 saturated heterocycles. The number of hydrogen-bond acceptors (Lipinski definition) is 3. The van der Waals surface area contributed by atoms with Crippen LogP contribution in [0.4, 0.5) is 4.39 Å². The lowest BCUT2D eigenvalue weighted by molar-refractivity contribution is -0.133. The van der Waals surface area contributed by atoms with Crippen LogP contribution in [-0.4, -0.2) is 47.4 Å². The van der Waals surface area contributed by atoms with E-state index in [1.165, 1.54) is 6.07 Å². The van der Waals surface area contributed by atoms with Crippen molar-refractivity contribution < 1.29 is 9.18 Å². The summed E-state index contributed by atoms with van der Waals surface area (Å²) in [6.45, 7) is 2.75. The van der Waals surface area contributed by atoms with Crippen molar-refractivity contribution in [2.75, 3.05) is 26.7 Å². The fraction of sp³-hybridized carbons (Fsp3) is 0.280. The predicted octanol–water partition coefficient (Wildman–Crippen LogP) is 4.02. The first-order chi connectivity index (χ1) is 14.6. The lowest BCUT2D eigenvalue weighted by atomic mass is 9.91. The van der Waals surface area contributed by atoms with Crippen LogP contribution >= 0.6 is 0 Å². The Balaban J connectivity index is 1.57. The normalized spacial score (nSPS) is 17.7. The summed E-state index contributed by atoms with van der Waals surface area (Å²) in [5, 5.41) is 0. The van der Waals surface area contributed by atoms with E-state index in [1.807, 2.05) is 48.5 Å². The van der Waals surface area contributed by atoms with E-state index in [9.17, 15) is 9.18 Å². The third kappa shape index (κ3) is 4.74. The van der Waals surface area contributed by atoms with Crippen molar-refractivity contribution in [1.82, 2.24) is 14.8 Å². The van der Waals surface area contributed by atoms with Gasteiger partial charge in [0.1, 0.15) is 5.82 Å². The molecule has 30 heavy (non-hydrogen) atoms. The molecule has 1 unspecified atom stereocenters. The molecule has 1 aliphatic rings. The Morgan fingerprint density at radius 2 is 1.93 bits per heavy atom. The first kappa shape index (κ1) is 20.2. The number of halogens is 1. The molecule has 0 N–H and O–H groups in total. The summed E-state index contributed by atoms with van der Waals surface area (Å²) in [6, 6.07) is 18.9. The van der Waals surface area contributed by atoms with E-state index in [0.29, 0.717) is 26.1 Å². The Morgan fingerprint density at radius 1 is 1.07 bits per heavy atom. The second kappa shape index (κ2) is 9.18. The molecule has 3 aromatic rings. The molecule has 4 rings (SSSR count). The highest BCUT2D eigenvalue weighted by atomic mass is 19.1. The summed E-state index contributed by atoms with van der Waals surface area (Å²) in [5.41, 5.74) is 4.24. The topological polar surface area (TPSA) is 36.4 Å². The van der Waals surface area contributed by atoms with E-state index in [0.717, 1.165) is 28.8 Å². The van der Waals surface area contributed by atoms with E-state index in [2.05, 4.69) is 22.0 Å². The highest BCUT2D eigenvalue weighted by Crippen LogP contribution is 2.27. The van der Waals surface area contributed by atoms with Crippen LogP contribution in [0.2, 0.25) is 0 Å². The molecule has 0 spiro atoms. The third-order valence-corrected chi connectivity index (χ3v) is 5.71. The van der Waals surface area contributed by atoms with Gasteiger partial charge in [0.05, 0.1) is 5.92 Å². The third-order valence-electron chi connectivity index (χ3n) is 5.71. The van der Waals surface area contributed by atoms with Gasteiger partial charge in [-0.2, -0.15) is 0 Å². The zero-order chi connectivity index (χ0) is 20.9. The molecule has 2 heterocycles. The molecule has 5 heteroatoms. The number of benzene rings is 2. The maximum atomic E-state index is 13.6. The molecule has 1 aliphatic heterocycles. The Morgan fingerprint density at radius 3 is 2.73 bits per heavy atom. The fourth-order valence-electron chi connectivity index (χ4n) is 4.15. The molecule has 0 aliphatic carbocycles. The standard InChI is InChI=1S/C25H26FN3O/c1-28-12-13-29(17-19-6-4-9-23(26)14-19)18-22(25(28)30)15-20-7-2-3-10-24(20)21-8-5-11-27-16-21/h2-11,14,16,22H,12-13,15,17-18H2,1H3. The second-order valence-corrected chi connectivity index (χ2v) is 7.92. The van der Waals surface area contributed by atoms with Gasteiger partial charge in [-0.1, -0.05) is 42.5 Å². The number of rotatable bonds is 5. The van der Waals surface area contributed by atoms with E-state index in [1.54, 1.807) is 18.3 Å². The summed E-state index contributed by atoms with van der Waals surface area (Å²) >= 11 is 0. The Bertz CT molecular complexity index is 1010. The average Bonchev–Trinajstić information content (AvgIpc) is 2.89. The summed E-state index contributed by atoms with van der Waals surface area (Å²) in [7, 11) is 1.87. The summed E-state index contributed by atoms with van der Waals surface area (Å²) in [5.74, 6) is -0.209. The Kier molecular flexibility index (Phi) is 6.19. The van der Waals surface area contributed by atoms with Crippen LogP contribution in [0.5, 0.6) is 0 Å². The highest BCUT2D eigenvalue weighted by Gasteiger charge is 2.29. The van der Waals surface area contributed by atoms with Crippen molar-refractivity contribution >= 4 is 5.91 Å². The molecule has 0 radical (unpaired) electrons. The molecule has 1 amide bonds. The molecule has 0 saturated carbocycles. The molecule has 4 nitrogen and oxygen atoms in total. The number of amides is 1. The second-order valence-electron chi connectivity index (χ2n) is 7.92. The Labute approximate surface area is 177 Å². The summed E-state index contributed by atoms with van der Waals surface area (Å²) in [4.78, 5) is 21.4. The van der Waals surface area contributed by atoms with Gasteiger partial charge in [-0.25, -0.2) is 4.39 Å². The van der Waals surface area contributed by atoms with E-state index < -0.39 is 0 Å². The number of carbonyl (C=O) groups is 1. The van der Waals surface area contributed by atoms with Crippen LogP contribution in [-0.2, 0) is 17.8 Å². The highest BCUT2D eigenvalue weighted by molar-refractivity contribution is 5.80. The van der Waals surface area contributed by atoms with Gasteiger partial charge >= 0.3 is 0 Å². The first-order valence-corrected chi connectivity index (χ1v) is 10.3. The van der Waals surface area contributed by atoms with Gasteiger partial charge in [0, 0.05) is 51.2 Å². The predicted molar refractivity (Wildman–Crippen MR) is 116 cm³/mol. The summed E-state index contributed by atoms with van der Waals surface area (Å²) < 4.78 is 13.6. The lowest BCUT2D eigenvalue weighted by Gasteiger charge is -2.24. The van der Waals surface area contributed by atoms with Gasteiger partial charge in [0.15, 0.2) is 0 Å². The van der Waals surface area contributed by atoms with Gasteiger partial charge in [0.2, 0.25) is 5.91 Å². The average molecular weight is 404 g/mol. The fourth-order valence-corrected chi connectivity index (χ4v) is 4.15. The van der Waals surface area contributed by atoms with Crippen LogP contribution in [0.25, 0.3) is 11.1 Å². The molecule has 154 valence electrons. The maximum absolute atomic E-state index is 13.6. The maximum Gasteiger partial charge on any atom is 0.227 e. The minimum atomic E-state index is -0.225. The molecule has 0 bridgehead atoms. The number of aromatic nitrogens is 1. The first-order valence-electron chi connectivity index (χ1n) is 10.3. The van der Waals surface area contributed by atoms with E-state index in [4.69, 9.17) is 0 Å². The number of pyridine rings is 1. The van der Waals surface area contributed by atoms with Crippen molar-refractivity contribution in [3.63, 3.8) is 0 Å². The number of carbonyl (C=O) groups excluding carboxylic acids is 1. The van der Waals surface area contributed by atoms with Gasteiger partial charge < -0.3 is 4.90 Å². The van der Waals surface area contributed by atoms with Crippen molar-refractivity contribution in [3.8, 4) is 11.1 Å². The van der Waals surface area contributed by atoms with Gasteiger partial charge in [-0.15, -0.1) is 0 Å². The molecule has 1 fully saturated rings. The SMILES string of the molecule is CN1CCN(Cc2cccc(F)c2)CC(Cc2ccccc2-c2cccnc2)C1=O.